The van der Waals surface area contributed by atoms with Gasteiger partial charge in [0.25, 0.3) is 0 Å². The van der Waals surface area contributed by atoms with Crippen LogP contribution in [0.25, 0.3) is 11.0 Å². The van der Waals surface area contributed by atoms with Crippen LogP contribution in [0.2, 0.25) is 0 Å². The maximum Gasteiger partial charge on any atom is 0.304 e. The van der Waals surface area contributed by atoms with Crippen LogP contribution in [-0.2, 0) is 6.54 Å². The van der Waals surface area contributed by atoms with Crippen molar-refractivity contribution < 1.29 is 0 Å². The second kappa shape index (κ2) is 4.63. The lowest BCUT2D eigenvalue weighted by atomic mass is 10.3. The highest BCUT2D eigenvalue weighted by atomic mass is 127. The molecule has 0 atom stereocenters. The SMILES string of the molecule is O=c1[nH]c(Cn2c(=S)[nH]c3cc(I)ccc32)cs1. The quantitative estimate of drug-likeness (QED) is 0.523. The summed E-state index contributed by atoms with van der Waals surface area (Å²) in [5.41, 5.74) is 2.94. The Kier molecular flexibility index (Phi) is 3.12. The molecule has 0 bridgehead atoms. The molecule has 3 aromatic rings. The highest BCUT2D eigenvalue weighted by Gasteiger charge is 2.06. The third-order valence-corrected chi connectivity index (χ3v) is 4.35. The zero-order chi connectivity index (χ0) is 12.7. The van der Waals surface area contributed by atoms with Gasteiger partial charge < -0.3 is 14.5 Å². The monoisotopic (exact) mass is 389 g/mol. The van der Waals surface area contributed by atoms with Gasteiger partial charge in [-0.1, -0.05) is 11.3 Å². The number of thiazole rings is 1. The van der Waals surface area contributed by atoms with Crippen molar-refractivity contribution in [1.82, 2.24) is 14.5 Å². The van der Waals surface area contributed by atoms with Gasteiger partial charge in [-0.3, -0.25) is 4.79 Å². The molecule has 18 heavy (non-hydrogen) atoms. The predicted octanol–water partition coefficient (Wildman–Crippen LogP) is 3.10. The molecular formula is C11H8IN3OS2. The van der Waals surface area contributed by atoms with Crippen LogP contribution in [-0.4, -0.2) is 14.5 Å². The number of aromatic nitrogens is 3. The summed E-state index contributed by atoms with van der Waals surface area (Å²) in [6.45, 7) is 0.582. The van der Waals surface area contributed by atoms with Crippen LogP contribution in [0.4, 0.5) is 0 Å². The van der Waals surface area contributed by atoms with Crippen molar-refractivity contribution in [3.63, 3.8) is 0 Å². The molecule has 0 aliphatic rings. The smallest absolute Gasteiger partial charge is 0.304 e. The number of hydrogen-bond acceptors (Lipinski definition) is 3. The lowest BCUT2D eigenvalue weighted by Crippen LogP contribution is -2.02. The zero-order valence-electron chi connectivity index (χ0n) is 9.07. The molecule has 0 aliphatic carbocycles. The number of aromatic amines is 2. The summed E-state index contributed by atoms with van der Waals surface area (Å²) >= 11 is 8.76. The van der Waals surface area contributed by atoms with E-state index in [0.717, 1.165) is 20.3 Å². The molecule has 0 saturated heterocycles. The van der Waals surface area contributed by atoms with Crippen LogP contribution in [0.15, 0.2) is 28.4 Å². The van der Waals surface area contributed by atoms with Crippen molar-refractivity contribution in [2.75, 3.05) is 0 Å². The van der Waals surface area contributed by atoms with Gasteiger partial charge in [0, 0.05) is 14.6 Å². The molecule has 4 nitrogen and oxygen atoms in total. The first-order chi connectivity index (χ1) is 8.63. The summed E-state index contributed by atoms with van der Waals surface area (Å²) < 4.78 is 3.81. The normalized spacial score (nSPS) is 11.2. The first-order valence-corrected chi connectivity index (χ1v) is 7.55. The Hall–Kier alpha value is -0.930. The summed E-state index contributed by atoms with van der Waals surface area (Å²) in [6, 6.07) is 6.13. The van der Waals surface area contributed by atoms with E-state index in [1.54, 1.807) is 0 Å². The van der Waals surface area contributed by atoms with E-state index in [2.05, 4.69) is 38.6 Å². The molecule has 3 rings (SSSR count). The van der Waals surface area contributed by atoms with E-state index in [1.807, 2.05) is 22.1 Å². The summed E-state index contributed by atoms with van der Waals surface area (Å²) in [4.78, 5) is 17.1. The first kappa shape index (κ1) is 12.1. The molecule has 0 amide bonds. The van der Waals surface area contributed by atoms with Crippen molar-refractivity contribution in [1.29, 1.82) is 0 Å². The Bertz CT molecular complexity index is 827. The number of nitrogens with one attached hydrogen (secondary N) is 2. The topological polar surface area (TPSA) is 53.6 Å². The van der Waals surface area contributed by atoms with Crippen LogP contribution in [0, 0.1) is 8.34 Å². The van der Waals surface area contributed by atoms with E-state index in [-0.39, 0.29) is 4.87 Å². The Balaban J connectivity index is 2.14. The fourth-order valence-corrected chi connectivity index (χ4v) is 3.19. The number of rotatable bonds is 2. The van der Waals surface area contributed by atoms with Crippen LogP contribution >= 0.6 is 46.1 Å². The van der Waals surface area contributed by atoms with Gasteiger partial charge in [0.2, 0.25) is 0 Å². The molecule has 0 saturated carbocycles. The Morgan fingerprint density at radius 2 is 2.22 bits per heavy atom. The van der Waals surface area contributed by atoms with Gasteiger partial charge in [-0.2, -0.15) is 0 Å². The molecule has 1 aromatic carbocycles. The summed E-state index contributed by atoms with van der Waals surface area (Å²) in [5.74, 6) is 0. The fourth-order valence-electron chi connectivity index (χ4n) is 1.85. The molecule has 0 unspecified atom stereocenters. The van der Waals surface area contributed by atoms with Crippen molar-refractivity contribution in [2.24, 2.45) is 0 Å². The van der Waals surface area contributed by atoms with Gasteiger partial charge in [-0.15, -0.1) is 0 Å². The second-order valence-electron chi connectivity index (χ2n) is 3.85. The first-order valence-electron chi connectivity index (χ1n) is 5.18. The van der Waals surface area contributed by atoms with Gasteiger partial charge in [0.1, 0.15) is 0 Å². The third-order valence-electron chi connectivity index (χ3n) is 2.64. The van der Waals surface area contributed by atoms with E-state index in [9.17, 15) is 4.79 Å². The van der Waals surface area contributed by atoms with E-state index < -0.39 is 0 Å². The van der Waals surface area contributed by atoms with E-state index in [0.29, 0.717) is 11.3 Å². The average molecular weight is 389 g/mol. The van der Waals surface area contributed by atoms with E-state index in [4.69, 9.17) is 12.2 Å². The molecule has 2 heterocycles. The molecular weight excluding hydrogens is 381 g/mol. The minimum absolute atomic E-state index is 0.0362. The third kappa shape index (κ3) is 2.17. The predicted molar refractivity (Wildman–Crippen MR) is 83.9 cm³/mol. The van der Waals surface area contributed by atoms with Crippen molar-refractivity contribution in [2.45, 2.75) is 6.54 Å². The van der Waals surface area contributed by atoms with Gasteiger partial charge in [0.15, 0.2) is 4.77 Å². The zero-order valence-corrected chi connectivity index (χ0v) is 12.9. The lowest BCUT2D eigenvalue weighted by Gasteiger charge is -2.02. The minimum atomic E-state index is -0.0362. The maximum absolute atomic E-state index is 11.1. The van der Waals surface area contributed by atoms with E-state index in [1.165, 1.54) is 11.3 Å². The fraction of sp³-hybridized carbons (Fsp3) is 0.0909. The van der Waals surface area contributed by atoms with Crippen LogP contribution in [0.5, 0.6) is 0 Å². The standard InChI is InChI=1S/C11H8IN3OS2/c12-6-1-2-9-8(3-6)14-10(17)15(9)4-7-5-18-11(16)13-7/h1-3,5H,4H2,(H,13,16)(H,14,17). The van der Waals surface area contributed by atoms with E-state index >= 15 is 0 Å². The average Bonchev–Trinajstić information content (AvgIpc) is 2.84. The number of hydrogen-bond donors (Lipinski definition) is 2. The number of benzene rings is 1. The molecule has 92 valence electrons. The Labute approximate surface area is 125 Å². The minimum Gasteiger partial charge on any atom is -0.331 e. The van der Waals surface area contributed by atoms with Crippen molar-refractivity contribution in [3.05, 3.63) is 47.3 Å². The number of H-pyrrole nitrogens is 2. The second-order valence-corrected chi connectivity index (χ2v) is 6.33. The summed E-state index contributed by atoms with van der Waals surface area (Å²) in [5, 5.41) is 1.83. The highest BCUT2D eigenvalue weighted by molar-refractivity contribution is 14.1. The molecule has 0 fully saturated rings. The lowest BCUT2D eigenvalue weighted by molar-refractivity contribution is 0.789. The van der Waals surface area contributed by atoms with Gasteiger partial charge in [0.05, 0.1) is 17.6 Å². The van der Waals surface area contributed by atoms with Crippen molar-refractivity contribution >= 4 is 57.2 Å². The number of fused-ring (bicyclic) bond motifs is 1. The maximum atomic E-state index is 11.1. The number of halogens is 1. The number of imidazole rings is 1. The molecule has 0 spiro atoms. The number of nitrogens with zero attached hydrogens (tertiary/aromatic N) is 1. The molecule has 2 N–H and O–H groups in total. The van der Waals surface area contributed by atoms with Gasteiger partial charge in [-0.25, -0.2) is 0 Å². The summed E-state index contributed by atoms with van der Waals surface area (Å²) in [6.07, 6.45) is 0. The molecule has 0 radical (unpaired) electrons. The van der Waals surface area contributed by atoms with Crippen LogP contribution in [0.1, 0.15) is 5.69 Å². The Morgan fingerprint density at radius 3 is 2.94 bits per heavy atom. The molecule has 7 heteroatoms. The molecule has 2 aromatic heterocycles. The summed E-state index contributed by atoms with van der Waals surface area (Å²) in [7, 11) is 0. The van der Waals surface area contributed by atoms with Crippen molar-refractivity contribution in [3.8, 4) is 0 Å². The Morgan fingerprint density at radius 1 is 1.39 bits per heavy atom. The van der Waals surface area contributed by atoms with Gasteiger partial charge >= 0.3 is 4.87 Å². The largest absolute Gasteiger partial charge is 0.331 e. The van der Waals surface area contributed by atoms with Crippen LogP contribution < -0.4 is 4.87 Å². The van der Waals surface area contributed by atoms with Gasteiger partial charge in [-0.05, 0) is 53.0 Å². The highest BCUT2D eigenvalue weighted by Crippen LogP contribution is 2.18. The van der Waals surface area contributed by atoms with Crippen LogP contribution in [0.3, 0.4) is 0 Å². The molecule has 0 aliphatic heterocycles.